The maximum absolute atomic E-state index is 12.8. The van der Waals surface area contributed by atoms with E-state index in [1.165, 1.54) is 41.9 Å². The minimum Gasteiger partial charge on any atom is -0.356 e. The van der Waals surface area contributed by atoms with E-state index in [9.17, 15) is 4.79 Å². The normalized spacial score (nSPS) is 20.7. The number of nitrogens with one attached hydrogen (secondary N) is 1. The molecule has 0 unspecified atom stereocenters. The van der Waals surface area contributed by atoms with Gasteiger partial charge in [-0.2, -0.15) is 0 Å². The standard InChI is InChI=1S/C25H39N5OS/c1-4-9-28-12-14-29(15-13-28)10-6-8-26-24(31)21-7-5-11-30(18-21)25-27-23-20(3)16-19(2)17-22(23)32-25/h16-17,21H,4-15,18H2,1-3H3,(H,26,31)/t21-/m0/s1. The van der Waals surface area contributed by atoms with Crippen LogP contribution in [0.3, 0.4) is 0 Å². The van der Waals surface area contributed by atoms with Crippen molar-refractivity contribution in [3.63, 3.8) is 0 Å². The lowest BCUT2D eigenvalue weighted by molar-refractivity contribution is -0.125. The van der Waals surface area contributed by atoms with E-state index in [-0.39, 0.29) is 11.8 Å². The number of piperidine rings is 1. The zero-order valence-electron chi connectivity index (χ0n) is 20.0. The van der Waals surface area contributed by atoms with Crippen LogP contribution in [0.2, 0.25) is 0 Å². The molecule has 1 N–H and O–H groups in total. The fraction of sp³-hybridized carbons (Fsp3) is 0.680. The first-order valence-electron chi connectivity index (χ1n) is 12.4. The maximum Gasteiger partial charge on any atom is 0.224 e. The van der Waals surface area contributed by atoms with Crippen LogP contribution in [0, 0.1) is 19.8 Å². The molecule has 1 aromatic carbocycles. The first-order chi connectivity index (χ1) is 15.5. The molecule has 32 heavy (non-hydrogen) atoms. The molecule has 2 aliphatic heterocycles. The molecule has 6 nitrogen and oxygen atoms in total. The number of nitrogens with zero attached hydrogens (tertiary/aromatic N) is 4. The Balaban J connectivity index is 1.22. The molecule has 0 bridgehead atoms. The van der Waals surface area contributed by atoms with E-state index in [1.54, 1.807) is 11.3 Å². The van der Waals surface area contributed by atoms with Crippen molar-refractivity contribution in [2.75, 3.05) is 63.8 Å². The van der Waals surface area contributed by atoms with Crippen LogP contribution in [0.25, 0.3) is 10.2 Å². The van der Waals surface area contributed by atoms with E-state index in [0.29, 0.717) is 0 Å². The summed E-state index contributed by atoms with van der Waals surface area (Å²) in [7, 11) is 0. The third kappa shape index (κ3) is 5.80. The SMILES string of the molecule is CCCN1CCN(CCCNC(=O)[C@H]2CCCN(c3nc4c(C)cc(C)cc4s3)C2)CC1. The summed E-state index contributed by atoms with van der Waals surface area (Å²) in [4.78, 5) is 25.2. The molecule has 1 amide bonds. The summed E-state index contributed by atoms with van der Waals surface area (Å²) in [6.07, 6.45) is 4.30. The van der Waals surface area contributed by atoms with Crippen molar-refractivity contribution >= 4 is 32.6 Å². The molecular weight excluding hydrogens is 418 g/mol. The van der Waals surface area contributed by atoms with Gasteiger partial charge in [0.2, 0.25) is 5.91 Å². The van der Waals surface area contributed by atoms with Crippen LogP contribution in [0.1, 0.15) is 43.7 Å². The molecule has 0 saturated carbocycles. The van der Waals surface area contributed by atoms with Crippen molar-refractivity contribution in [2.24, 2.45) is 5.92 Å². The molecule has 4 rings (SSSR count). The second kappa shape index (κ2) is 10.9. The third-order valence-electron chi connectivity index (χ3n) is 6.84. The highest BCUT2D eigenvalue weighted by Crippen LogP contribution is 2.33. The number of benzene rings is 1. The lowest BCUT2D eigenvalue weighted by atomic mass is 9.97. The van der Waals surface area contributed by atoms with E-state index in [2.05, 4.69) is 52.9 Å². The van der Waals surface area contributed by atoms with Gasteiger partial charge in [0.05, 0.1) is 16.1 Å². The van der Waals surface area contributed by atoms with Gasteiger partial charge in [-0.25, -0.2) is 4.98 Å². The quantitative estimate of drug-likeness (QED) is 0.613. The number of piperazine rings is 1. The molecule has 0 radical (unpaired) electrons. The Morgan fingerprint density at radius 1 is 1.12 bits per heavy atom. The highest BCUT2D eigenvalue weighted by molar-refractivity contribution is 7.22. The predicted molar refractivity (Wildman–Crippen MR) is 135 cm³/mol. The van der Waals surface area contributed by atoms with Crippen LogP contribution in [0.4, 0.5) is 5.13 Å². The summed E-state index contributed by atoms with van der Waals surface area (Å²) in [5.41, 5.74) is 3.63. The van der Waals surface area contributed by atoms with Gasteiger partial charge in [0.1, 0.15) is 0 Å². The van der Waals surface area contributed by atoms with Crippen LogP contribution in [-0.2, 0) is 4.79 Å². The molecule has 2 aliphatic rings. The van der Waals surface area contributed by atoms with Crippen molar-refractivity contribution < 1.29 is 4.79 Å². The van der Waals surface area contributed by atoms with E-state index in [4.69, 9.17) is 4.98 Å². The molecular formula is C25H39N5OS. The Bertz CT molecular complexity index is 905. The summed E-state index contributed by atoms with van der Waals surface area (Å²) in [6.45, 7) is 16.1. The van der Waals surface area contributed by atoms with Crippen molar-refractivity contribution in [1.29, 1.82) is 0 Å². The average molecular weight is 458 g/mol. The number of fused-ring (bicyclic) bond motifs is 1. The van der Waals surface area contributed by atoms with Crippen LogP contribution >= 0.6 is 11.3 Å². The van der Waals surface area contributed by atoms with Gasteiger partial charge >= 0.3 is 0 Å². The molecule has 2 aromatic rings. The number of amides is 1. The fourth-order valence-electron chi connectivity index (χ4n) is 5.07. The minimum absolute atomic E-state index is 0.0659. The van der Waals surface area contributed by atoms with Gasteiger partial charge in [-0.05, 0) is 69.8 Å². The van der Waals surface area contributed by atoms with E-state index in [1.807, 2.05) is 0 Å². The molecule has 1 atom stereocenters. The molecule has 2 saturated heterocycles. The zero-order chi connectivity index (χ0) is 22.5. The monoisotopic (exact) mass is 457 g/mol. The molecule has 7 heteroatoms. The number of aryl methyl sites for hydroxylation is 2. The molecule has 1 aromatic heterocycles. The maximum atomic E-state index is 12.8. The number of rotatable bonds is 8. The van der Waals surface area contributed by atoms with Gasteiger partial charge in [0, 0.05) is 45.8 Å². The number of hydrogen-bond donors (Lipinski definition) is 1. The van der Waals surface area contributed by atoms with Crippen LogP contribution in [-0.4, -0.2) is 79.6 Å². The fourth-order valence-corrected chi connectivity index (χ4v) is 6.25. The highest BCUT2D eigenvalue weighted by atomic mass is 32.1. The van der Waals surface area contributed by atoms with E-state index in [0.717, 1.165) is 69.2 Å². The second-order valence-electron chi connectivity index (χ2n) is 9.54. The number of carbonyl (C=O) groups excluding carboxylic acids is 1. The highest BCUT2D eigenvalue weighted by Gasteiger charge is 2.27. The van der Waals surface area contributed by atoms with Crippen LogP contribution in [0.15, 0.2) is 12.1 Å². The van der Waals surface area contributed by atoms with Gasteiger partial charge in [0.15, 0.2) is 5.13 Å². The van der Waals surface area contributed by atoms with Gasteiger partial charge < -0.3 is 20.0 Å². The predicted octanol–water partition coefficient (Wildman–Crippen LogP) is 3.66. The largest absolute Gasteiger partial charge is 0.356 e. The second-order valence-corrected chi connectivity index (χ2v) is 10.5. The minimum atomic E-state index is 0.0659. The van der Waals surface area contributed by atoms with Crippen molar-refractivity contribution in [2.45, 2.75) is 46.5 Å². The Kier molecular flexibility index (Phi) is 8.02. The number of thiazole rings is 1. The number of carbonyl (C=O) groups is 1. The lowest BCUT2D eigenvalue weighted by Crippen LogP contribution is -2.47. The van der Waals surface area contributed by atoms with Crippen molar-refractivity contribution in [3.05, 3.63) is 23.3 Å². The Hall–Kier alpha value is -1.70. The topological polar surface area (TPSA) is 51.7 Å². The van der Waals surface area contributed by atoms with Crippen molar-refractivity contribution in [1.82, 2.24) is 20.1 Å². The van der Waals surface area contributed by atoms with E-state index >= 15 is 0 Å². The summed E-state index contributed by atoms with van der Waals surface area (Å²) >= 11 is 1.76. The Labute approximate surface area is 197 Å². The Morgan fingerprint density at radius 3 is 2.62 bits per heavy atom. The number of aromatic nitrogens is 1. The van der Waals surface area contributed by atoms with E-state index < -0.39 is 0 Å². The first-order valence-corrected chi connectivity index (χ1v) is 13.2. The average Bonchev–Trinajstić information content (AvgIpc) is 3.22. The molecule has 176 valence electrons. The van der Waals surface area contributed by atoms with Gasteiger partial charge in [0.25, 0.3) is 0 Å². The zero-order valence-corrected chi connectivity index (χ0v) is 20.8. The summed E-state index contributed by atoms with van der Waals surface area (Å²) in [5.74, 6) is 0.284. The van der Waals surface area contributed by atoms with Gasteiger partial charge in [-0.1, -0.05) is 24.3 Å². The molecule has 2 fully saturated rings. The summed E-state index contributed by atoms with van der Waals surface area (Å²) in [6, 6.07) is 4.42. The van der Waals surface area contributed by atoms with Gasteiger partial charge in [-0.15, -0.1) is 0 Å². The van der Waals surface area contributed by atoms with Crippen molar-refractivity contribution in [3.8, 4) is 0 Å². The van der Waals surface area contributed by atoms with Gasteiger partial charge in [-0.3, -0.25) is 4.79 Å². The first kappa shape index (κ1) is 23.5. The summed E-state index contributed by atoms with van der Waals surface area (Å²) in [5, 5.41) is 4.28. The molecule has 0 spiro atoms. The smallest absolute Gasteiger partial charge is 0.224 e. The molecule has 3 heterocycles. The molecule has 0 aliphatic carbocycles. The lowest BCUT2D eigenvalue weighted by Gasteiger charge is -2.34. The number of hydrogen-bond acceptors (Lipinski definition) is 6. The summed E-state index contributed by atoms with van der Waals surface area (Å²) < 4.78 is 1.25. The van der Waals surface area contributed by atoms with Crippen LogP contribution in [0.5, 0.6) is 0 Å². The van der Waals surface area contributed by atoms with Crippen LogP contribution < -0.4 is 10.2 Å². The third-order valence-corrected chi connectivity index (χ3v) is 7.90. The Morgan fingerprint density at radius 2 is 1.88 bits per heavy atom. The number of anilines is 1.